The molecule has 0 amide bonds. The van der Waals surface area contributed by atoms with Crippen LogP contribution in [0.1, 0.15) is 0 Å². The van der Waals surface area contributed by atoms with Crippen molar-refractivity contribution in [2.75, 3.05) is 4.90 Å². The van der Waals surface area contributed by atoms with Gasteiger partial charge in [-0.15, -0.1) is 0 Å². The molecule has 0 unspecified atom stereocenters. The lowest BCUT2D eigenvalue weighted by Gasteiger charge is -2.49. The fraction of sp³-hybridized carbons (Fsp3) is 0. The number of rotatable bonds is 2. The first-order valence-electron chi connectivity index (χ1n) is 19.9. The molecular weight excluding hydrogens is 707 g/mol. The topological polar surface area (TPSA) is 21.3 Å². The quantitative estimate of drug-likeness (QED) is 0.165. The summed E-state index contributed by atoms with van der Waals surface area (Å²) in [6.45, 7) is -0.0705. The predicted octanol–water partition coefficient (Wildman–Crippen LogP) is 8.96. The molecule has 0 spiro atoms. The molecule has 0 atom stereocenters. The molecule has 0 saturated carbocycles. The molecule has 0 N–H and O–H groups in total. The van der Waals surface area contributed by atoms with E-state index in [4.69, 9.17) is 4.42 Å². The van der Waals surface area contributed by atoms with E-state index in [1.165, 1.54) is 97.8 Å². The Labute approximate surface area is 329 Å². The van der Waals surface area contributed by atoms with Crippen LogP contribution in [0.15, 0.2) is 192 Å². The van der Waals surface area contributed by atoms with Crippen LogP contribution < -0.4 is 36.6 Å². The average Bonchev–Trinajstić information content (AvgIpc) is 3.81. The molecule has 11 aromatic rings. The summed E-state index contributed by atoms with van der Waals surface area (Å²) >= 11 is 0. The van der Waals surface area contributed by atoms with Gasteiger partial charge in [0.05, 0.1) is 11.1 Å². The molecule has 3 aliphatic heterocycles. The maximum atomic E-state index is 6.89. The van der Waals surface area contributed by atoms with Crippen LogP contribution in [0.5, 0.6) is 0 Å². The minimum absolute atomic E-state index is 0.0705. The van der Waals surface area contributed by atoms with Crippen LogP contribution in [-0.2, 0) is 0 Å². The first kappa shape index (κ1) is 30.2. The molecular formula is C52H31BN2OSi. The Morgan fingerprint density at radius 3 is 1.96 bits per heavy atom. The van der Waals surface area contributed by atoms with Gasteiger partial charge in [-0.2, -0.15) is 0 Å². The third kappa shape index (κ3) is 3.56. The van der Waals surface area contributed by atoms with Crippen molar-refractivity contribution in [3.8, 4) is 11.1 Å². The van der Waals surface area contributed by atoms with E-state index >= 15 is 0 Å². The Morgan fingerprint density at radius 2 is 1.14 bits per heavy atom. The summed E-state index contributed by atoms with van der Waals surface area (Å²) in [6, 6.07) is 70.8. The number of nitrogens with zero attached hydrogens (tertiary/aromatic N) is 2. The van der Waals surface area contributed by atoms with Gasteiger partial charge in [-0.25, -0.2) is 0 Å². The van der Waals surface area contributed by atoms with Crippen molar-refractivity contribution in [2.45, 2.75) is 0 Å². The molecule has 14 rings (SSSR count). The second-order valence-corrected chi connectivity index (χ2v) is 19.7. The van der Waals surface area contributed by atoms with E-state index in [2.05, 4.69) is 197 Å². The standard InChI is InChI=1S/C52H31BN2OSi/c1-3-17-34(18-4-1)57(35-19-5-2-6-20-35)46-27-12-10-25-42(46)54-51-41(24-14-28-47(51)57)53-49-40(31-45-48(52(49)54)38-21-9-11-26-44(38)56-45)37-23-13-22-36-39-29-32-15-7-8-16-33(32)30-43(39)55(53)50(36)37/h1-31H. The summed E-state index contributed by atoms with van der Waals surface area (Å²) in [5.41, 5.74) is 13.4. The van der Waals surface area contributed by atoms with Gasteiger partial charge in [0.2, 0.25) is 0 Å². The van der Waals surface area contributed by atoms with Gasteiger partial charge >= 0.3 is 6.85 Å². The lowest BCUT2D eigenvalue weighted by molar-refractivity contribution is 0.669. The molecule has 262 valence electrons. The summed E-state index contributed by atoms with van der Waals surface area (Å²) < 4.78 is 9.59. The normalized spacial score (nSPS) is 14.4. The Morgan fingerprint density at radius 1 is 0.474 bits per heavy atom. The Balaban J connectivity index is 1.23. The summed E-state index contributed by atoms with van der Waals surface area (Å²) in [7, 11) is -2.88. The molecule has 9 aromatic carbocycles. The molecule has 0 aliphatic carbocycles. The maximum absolute atomic E-state index is 6.89. The van der Waals surface area contributed by atoms with Gasteiger partial charge in [0, 0.05) is 44.1 Å². The fourth-order valence-corrected chi connectivity index (χ4v) is 16.4. The largest absolute Gasteiger partial charge is 0.456 e. The van der Waals surface area contributed by atoms with Gasteiger partial charge in [0.25, 0.3) is 0 Å². The first-order valence-corrected chi connectivity index (χ1v) is 21.9. The third-order valence-electron chi connectivity index (χ3n) is 13.4. The summed E-state index contributed by atoms with van der Waals surface area (Å²) in [5.74, 6) is 0. The highest BCUT2D eigenvalue weighted by Crippen LogP contribution is 2.50. The van der Waals surface area contributed by atoms with Gasteiger partial charge in [0.15, 0.2) is 8.07 Å². The summed E-state index contributed by atoms with van der Waals surface area (Å²) in [4.78, 5) is 2.66. The zero-order valence-corrected chi connectivity index (χ0v) is 31.8. The summed E-state index contributed by atoms with van der Waals surface area (Å²) in [6.07, 6.45) is 0. The zero-order valence-electron chi connectivity index (χ0n) is 30.8. The van der Waals surface area contributed by atoms with Crippen LogP contribution >= 0.6 is 0 Å². The Kier molecular flexibility index (Phi) is 5.62. The number of fused-ring (bicyclic) bond motifs is 14. The van der Waals surface area contributed by atoms with E-state index in [0.717, 1.165) is 16.6 Å². The highest BCUT2D eigenvalue weighted by atomic mass is 28.3. The smallest absolute Gasteiger partial charge is 0.333 e. The van der Waals surface area contributed by atoms with E-state index in [-0.39, 0.29) is 6.85 Å². The van der Waals surface area contributed by atoms with Crippen molar-refractivity contribution in [1.82, 2.24) is 4.48 Å². The number of aromatic nitrogens is 1. The Bertz CT molecular complexity index is 3510. The lowest BCUT2D eigenvalue weighted by Crippen LogP contribution is -2.78. The molecule has 2 aromatic heterocycles. The molecule has 57 heavy (non-hydrogen) atoms. The number of para-hydroxylation sites is 4. The third-order valence-corrected chi connectivity index (χ3v) is 18.2. The van der Waals surface area contributed by atoms with Crippen molar-refractivity contribution in [2.24, 2.45) is 0 Å². The van der Waals surface area contributed by atoms with Crippen LogP contribution in [0, 0.1) is 0 Å². The molecule has 3 nitrogen and oxygen atoms in total. The molecule has 5 heterocycles. The predicted molar refractivity (Wildman–Crippen MR) is 242 cm³/mol. The van der Waals surface area contributed by atoms with Crippen molar-refractivity contribution >= 4 is 118 Å². The minimum atomic E-state index is -2.88. The molecule has 5 heteroatoms. The van der Waals surface area contributed by atoms with Crippen molar-refractivity contribution in [1.29, 1.82) is 0 Å². The van der Waals surface area contributed by atoms with E-state index < -0.39 is 8.07 Å². The molecule has 0 bridgehead atoms. The van der Waals surface area contributed by atoms with Crippen LogP contribution in [0.2, 0.25) is 0 Å². The van der Waals surface area contributed by atoms with Gasteiger partial charge in [0.1, 0.15) is 11.2 Å². The Hall–Kier alpha value is -7.08. The minimum Gasteiger partial charge on any atom is -0.456 e. The number of furan rings is 1. The highest BCUT2D eigenvalue weighted by Gasteiger charge is 2.54. The second-order valence-electron chi connectivity index (χ2n) is 15.9. The van der Waals surface area contributed by atoms with Gasteiger partial charge in [-0.05, 0) is 78.3 Å². The zero-order chi connectivity index (χ0) is 37.0. The van der Waals surface area contributed by atoms with Crippen LogP contribution in [0.3, 0.4) is 0 Å². The molecule has 0 radical (unpaired) electrons. The average molecular weight is 739 g/mol. The van der Waals surface area contributed by atoms with Gasteiger partial charge < -0.3 is 13.8 Å². The van der Waals surface area contributed by atoms with Crippen LogP contribution in [0.25, 0.3) is 65.6 Å². The maximum Gasteiger partial charge on any atom is 0.333 e. The monoisotopic (exact) mass is 738 g/mol. The highest BCUT2D eigenvalue weighted by molar-refractivity contribution is 7.21. The van der Waals surface area contributed by atoms with Crippen LogP contribution in [-0.4, -0.2) is 19.4 Å². The van der Waals surface area contributed by atoms with Crippen LogP contribution in [0.4, 0.5) is 17.1 Å². The molecule has 0 fully saturated rings. The fourth-order valence-electron chi connectivity index (χ4n) is 11.3. The first-order chi connectivity index (χ1) is 28.3. The van der Waals surface area contributed by atoms with E-state index in [9.17, 15) is 0 Å². The van der Waals surface area contributed by atoms with Crippen molar-refractivity contribution < 1.29 is 4.42 Å². The second kappa shape index (κ2) is 10.6. The van der Waals surface area contributed by atoms with E-state index in [0.29, 0.717) is 0 Å². The molecule has 3 aliphatic rings. The van der Waals surface area contributed by atoms with Gasteiger partial charge in [-0.1, -0.05) is 158 Å². The molecule has 0 saturated heterocycles. The number of hydrogen-bond acceptors (Lipinski definition) is 2. The number of hydrogen-bond donors (Lipinski definition) is 0. The lowest BCUT2D eigenvalue weighted by atomic mass is 9.45. The van der Waals surface area contributed by atoms with Crippen molar-refractivity contribution in [3.63, 3.8) is 0 Å². The van der Waals surface area contributed by atoms with E-state index in [1.807, 2.05) is 0 Å². The number of benzene rings is 9. The van der Waals surface area contributed by atoms with Gasteiger partial charge in [-0.3, -0.25) is 0 Å². The number of anilines is 3. The SMILES string of the molecule is c1ccc([Si]2(c3ccccc3)c3ccccc3N3c4c(cccc42)B2c4c(cc5oc6ccccc6c5c43)-c3cccc4c5cc6ccccc6cc5n2c34)cc1. The van der Waals surface area contributed by atoms with E-state index in [1.54, 1.807) is 0 Å². The van der Waals surface area contributed by atoms with Crippen molar-refractivity contribution in [3.05, 3.63) is 188 Å². The summed E-state index contributed by atoms with van der Waals surface area (Å²) in [5, 5.41) is 13.0.